The number of nitrogens with zero attached hydrogens (tertiary/aromatic N) is 1. The molecule has 0 aliphatic carbocycles. The normalized spacial score (nSPS) is 14.5. The molecule has 0 saturated heterocycles. The number of aliphatic carboxylic acids is 1. The van der Waals surface area contributed by atoms with Crippen LogP contribution in [0.1, 0.15) is 39.1 Å². The first-order valence-electron chi connectivity index (χ1n) is 11.5. The number of benzene rings is 3. The Labute approximate surface area is 203 Å². The third-order valence-electron chi connectivity index (χ3n) is 6.43. The smallest absolute Gasteiger partial charge is 0.309 e. The Kier molecular flexibility index (Phi) is 7.27. The molecular formula is C28H27NO6. The number of ether oxygens (including phenoxy) is 1. The van der Waals surface area contributed by atoms with Crippen LogP contribution in [0.4, 0.5) is 0 Å². The molecule has 3 aromatic carbocycles. The van der Waals surface area contributed by atoms with Gasteiger partial charge in [0.2, 0.25) is 0 Å². The van der Waals surface area contributed by atoms with E-state index in [1.165, 1.54) is 0 Å². The van der Waals surface area contributed by atoms with Gasteiger partial charge in [-0.3, -0.25) is 19.3 Å². The minimum atomic E-state index is -1.15. The minimum absolute atomic E-state index is 0.0155. The molecule has 0 unspecified atom stereocenters. The van der Waals surface area contributed by atoms with Gasteiger partial charge in [-0.2, -0.15) is 0 Å². The molecule has 0 radical (unpaired) electrons. The maximum Gasteiger partial charge on any atom is 0.309 e. The Morgan fingerprint density at radius 1 is 0.857 bits per heavy atom. The number of carboxylic acids is 1. The highest BCUT2D eigenvalue weighted by Gasteiger charge is 2.36. The van der Waals surface area contributed by atoms with Gasteiger partial charge in [0.25, 0.3) is 11.8 Å². The highest BCUT2D eigenvalue weighted by atomic mass is 16.5. The predicted molar refractivity (Wildman–Crippen MR) is 130 cm³/mol. The van der Waals surface area contributed by atoms with Crippen molar-refractivity contribution in [3.63, 3.8) is 0 Å². The molecule has 0 bridgehead atoms. The van der Waals surface area contributed by atoms with E-state index >= 15 is 0 Å². The number of aliphatic hydroxyl groups is 1. The average molecular weight is 474 g/mol. The van der Waals surface area contributed by atoms with E-state index in [9.17, 15) is 24.6 Å². The number of aryl methyl sites for hydroxylation is 1. The van der Waals surface area contributed by atoms with E-state index in [2.05, 4.69) is 0 Å². The monoisotopic (exact) mass is 473 g/mol. The van der Waals surface area contributed by atoms with E-state index in [-0.39, 0.29) is 19.4 Å². The molecule has 4 rings (SSSR count). The fourth-order valence-electron chi connectivity index (χ4n) is 4.35. The molecule has 180 valence electrons. The first-order valence-corrected chi connectivity index (χ1v) is 11.5. The van der Waals surface area contributed by atoms with Gasteiger partial charge in [-0.25, -0.2) is 0 Å². The van der Waals surface area contributed by atoms with Crippen LogP contribution in [0.2, 0.25) is 0 Å². The minimum Gasteiger partial charge on any atom is -0.497 e. The summed E-state index contributed by atoms with van der Waals surface area (Å²) in [6, 6.07) is 22.2. The van der Waals surface area contributed by atoms with Crippen LogP contribution in [-0.4, -0.2) is 52.7 Å². The van der Waals surface area contributed by atoms with Gasteiger partial charge in [-0.05, 0) is 60.2 Å². The van der Waals surface area contributed by atoms with Crippen molar-refractivity contribution in [3.05, 3.63) is 89.5 Å². The lowest BCUT2D eigenvalue weighted by atomic mass is 9.93. The number of carbonyl (C=O) groups is 3. The van der Waals surface area contributed by atoms with E-state index < -0.39 is 29.8 Å². The lowest BCUT2D eigenvalue weighted by Gasteiger charge is -2.22. The summed E-state index contributed by atoms with van der Waals surface area (Å²) in [4.78, 5) is 37.9. The predicted octanol–water partition coefficient (Wildman–Crippen LogP) is 4.04. The molecule has 2 amide bonds. The van der Waals surface area contributed by atoms with Gasteiger partial charge in [0, 0.05) is 6.54 Å². The Balaban J connectivity index is 1.33. The molecule has 7 nitrogen and oxygen atoms in total. The largest absolute Gasteiger partial charge is 0.497 e. The Morgan fingerprint density at radius 3 is 1.91 bits per heavy atom. The molecule has 0 saturated carbocycles. The molecule has 1 aliphatic heterocycles. The summed E-state index contributed by atoms with van der Waals surface area (Å²) < 4.78 is 5.18. The van der Waals surface area contributed by atoms with Crippen LogP contribution in [-0.2, 0) is 11.2 Å². The second-order valence-corrected chi connectivity index (χ2v) is 8.57. The van der Waals surface area contributed by atoms with Crippen LogP contribution in [0.3, 0.4) is 0 Å². The van der Waals surface area contributed by atoms with Crippen molar-refractivity contribution in [1.29, 1.82) is 0 Å². The van der Waals surface area contributed by atoms with Gasteiger partial charge in [0.15, 0.2) is 0 Å². The van der Waals surface area contributed by atoms with Crippen LogP contribution >= 0.6 is 0 Å². The van der Waals surface area contributed by atoms with E-state index in [4.69, 9.17) is 4.74 Å². The molecule has 1 heterocycles. The van der Waals surface area contributed by atoms with Crippen molar-refractivity contribution < 1.29 is 29.3 Å². The molecule has 7 heteroatoms. The maximum absolute atomic E-state index is 12.5. The summed E-state index contributed by atoms with van der Waals surface area (Å²) in [5.74, 6) is -2.31. The second kappa shape index (κ2) is 10.5. The van der Waals surface area contributed by atoms with Crippen LogP contribution in [0.15, 0.2) is 72.8 Å². The topological polar surface area (TPSA) is 104 Å². The van der Waals surface area contributed by atoms with Crippen molar-refractivity contribution >= 4 is 17.8 Å². The zero-order valence-electron chi connectivity index (χ0n) is 19.4. The molecule has 35 heavy (non-hydrogen) atoms. The lowest BCUT2D eigenvalue weighted by Crippen LogP contribution is -2.36. The lowest BCUT2D eigenvalue weighted by molar-refractivity contribution is -0.146. The summed E-state index contributed by atoms with van der Waals surface area (Å²) in [5, 5.41) is 20.3. The van der Waals surface area contributed by atoms with Crippen LogP contribution in [0.5, 0.6) is 5.75 Å². The molecular weight excluding hydrogens is 446 g/mol. The molecule has 0 fully saturated rings. The Hall–Kier alpha value is -3.97. The van der Waals surface area contributed by atoms with Gasteiger partial charge >= 0.3 is 5.97 Å². The number of amides is 2. The Bertz CT molecular complexity index is 1180. The number of fused-ring (bicyclic) bond motifs is 1. The van der Waals surface area contributed by atoms with Crippen molar-refractivity contribution in [2.75, 3.05) is 13.7 Å². The molecule has 0 aromatic heterocycles. The number of aliphatic hydroxyl groups excluding tert-OH is 1. The van der Waals surface area contributed by atoms with E-state index in [1.807, 2.05) is 48.5 Å². The van der Waals surface area contributed by atoms with Gasteiger partial charge < -0.3 is 14.9 Å². The summed E-state index contributed by atoms with van der Waals surface area (Å²) in [7, 11) is 1.62. The molecule has 1 aliphatic rings. The quantitative estimate of drug-likeness (QED) is 0.431. The first kappa shape index (κ1) is 24.2. The van der Waals surface area contributed by atoms with E-state index in [1.54, 1.807) is 31.4 Å². The second-order valence-electron chi connectivity index (χ2n) is 8.57. The highest BCUT2D eigenvalue weighted by Crippen LogP contribution is 2.26. The van der Waals surface area contributed by atoms with E-state index in [0.717, 1.165) is 27.3 Å². The fraction of sp³-hybridized carbons (Fsp3) is 0.250. The number of carbonyl (C=O) groups excluding carboxylic acids is 2. The van der Waals surface area contributed by atoms with E-state index in [0.29, 0.717) is 17.5 Å². The molecule has 0 spiro atoms. The van der Waals surface area contributed by atoms with Crippen molar-refractivity contribution in [1.82, 2.24) is 4.90 Å². The maximum atomic E-state index is 12.5. The standard InChI is InChI=1S/C28H27NO6/c1-35-21-13-11-20(12-14-21)19-9-6-18(7-10-19)8-15-25(30)24(28(33)34)16-17-29-26(31)22-4-2-3-5-23(22)27(29)32/h2-7,9-14,24-25,30H,8,15-17H2,1H3,(H,33,34)/t24-,25-/m1/s1. The zero-order valence-corrected chi connectivity index (χ0v) is 19.4. The summed E-state index contributed by atoms with van der Waals surface area (Å²) in [5.41, 5.74) is 3.72. The number of imide groups is 1. The number of hydrogen-bond donors (Lipinski definition) is 2. The van der Waals surface area contributed by atoms with Gasteiger partial charge in [0.1, 0.15) is 5.75 Å². The first-order chi connectivity index (χ1) is 16.9. The van der Waals surface area contributed by atoms with Crippen LogP contribution in [0.25, 0.3) is 11.1 Å². The highest BCUT2D eigenvalue weighted by molar-refractivity contribution is 6.21. The fourth-order valence-corrected chi connectivity index (χ4v) is 4.35. The van der Waals surface area contributed by atoms with Crippen LogP contribution in [0, 0.1) is 5.92 Å². The molecule has 3 aromatic rings. The van der Waals surface area contributed by atoms with Crippen molar-refractivity contribution in [3.8, 4) is 16.9 Å². The summed E-state index contributed by atoms with van der Waals surface area (Å²) in [6.07, 6.45) is -0.371. The van der Waals surface area contributed by atoms with Crippen molar-refractivity contribution in [2.45, 2.75) is 25.4 Å². The Morgan fingerprint density at radius 2 is 1.40 bits per heavy atom. The molecule has 2 N–H and O–H groups in total. The third-order valence-corrected chi connectivity index (χ3v) is 6.43. The number of rotatable bonds is 10. The van der Waals surface area contributed by atoms with Gasteiger partial charge in [0.05, 0.1) is 30.3 Å². The molecule has 2 atom stereocenters. The van der Waals surface area contributed by atoms with Gasteiger partial charge in [-0.15, -0.1) is 0 Å². The number of carboxylic acid groups (broad SMARTS) is 1. The number of methoxy groups -OCH3 is 1. The SMILES string of the molecule is COc1ccc(-c2ccc(CC[C@@H](O)[C@@H](CCN3C(=O)c4ccccc4C3=O)C(=O)O)cc2)cc1. The number of hydrogen-bond acceptors (Lipinski definition) is 5. The third kappa shape index (κ3) is 5.25. The zero-order chi connectivity index (χ0) is 24.9. The summed E-state index contributed by atoms with van der Waals surface area (Å²) >= 11 is 0. The average Bonchev–Trinajstić information content (AvgIpc) is 3.12. The van der Waals surface area contributed by atoms with Crippen LogP contribution < -0.4 is 4.74 Å². The van der Waals surface area contributed by atoms with Gasteiger partial charge in [-0.1, -0.05) is 48.5 Å². The summed E-state index contributed by atoms with van der Waals surface area (Å²) in [6.45, 7) is -0.0586. The van der Waals surface area contributed by atoms with Crippen molar-refractivity contribution in [2.24, 2.45) is 5.92 Å².